The van der Waals surface area contributed by atoms with E-state index in [0.717, 1.165) is 43.9 Å². The molecular weight excluding hydrogens is 338 g/mol. The molecule has 1 aromatic heterocycles. The highest BCUT2D eigenvalue weighted by molar-refractivity contribution is 6.00. The smallest absolute Gasteiger partial charge is 0.254 e. The summed E-state index contributed by atoms with van der Waals surface area (Å²) in [6, 6.07) is 17.4. The van der Waals surface area contributed by atoms with Gasteiger partial charge in [-0.15, -0.1) is 0 Å². The quantitative estimate of drug-likeness (QED) is 0.709. The SMILES string of the molecule is CCN1CCN(C(=O)c2ccccc2-c2ncc(-c3ccccc3)o2)CC1. The van der Waals surface area contributed by atoms with Crippen LogP contribution in [0.2, 0.25) is 0 Å². The van der Waals surface area contributed by atoms with Gasteiger partial charge in [0.1, 0.15) is 0 Å². The molecule has 138 valence electrons. The van der Waals surface area contributed by atoms with E-state index in [4.69, 9.17) is 4.42 Å². The number of likely N-dealkylation sites (N-methyl/N-ethyl adjacent to an activating group) is 1. The minimum Gasteiger partial charge on any atom is -0.436 e. The summed E-state index contributed by atoms with van der Waals surface area (Å²) in [5.41, 5.74) is 2.35. The summed E-state index contributed by atoms with van der Waals surface area (Å²) in [6.07, 6.45) is 1.71. The topological polar surface area (TPSA) is 49.6 Å². The van der Waals surface area contributed by atoms with Crippen LogP contribution in [0.4, 0.5) is 0 Å². The van der Waals surface area contributed by atoms with Crippen LogP contribution in [-0.4, -0.2) is 53.4 Å². The van der Waals surface area contributed by atoms with Gasteiger partial charge in [0.2, 0.25) is 5.89 Å². The van der Waals surface area contributed by atoms with Gasteiger partial charge >= 0.3 is 0 Å². The Morgan fingerprint density at radius 1 is 1.00 bits per heavy atom. The number of oxazole rings is 1. The van der Waals surface area contributed by atoms with Gasteiger partial charge < -0.3 is 14.2 Å². The molecule has 1 saturated heterocycles. The largest absolute Gasteiger partial charge is 0.436 e. The van der Waals surface area contributed by atoms with Crippen LogP contribution >= 0.6 is 0 Å². The first-order valence-electron chi connectivity index (χ1n) is 9.38. The Morgan fingerprint density at radius 2 is 1.70 bits per heavy atom. The fourth-order valence-electron chi connectivity index (χ4n) is 3.43. The maximum absolute atomic E-state index is 13.1. The first-order valence-corrected chi connectivity index (χ1v) is 9.38. The first-order chi connectivity index (χ1) is 13.3. The highest BCUT2D eigenvalue weighted by atomic mass is 16.4. The zero-order valence-corrected chi connectivity index (χ0v) is 15.5. The molecule has 0 saturated carbocycles. The van der Waals surface area contributed by atoms with Crippen LogP contribution < -0.4 is 0 Å². The van der Waals surface area contributed by atoms with E-state index in [2.05, 4.69) is 16.8 Å². The average molecular weight is 361 g/mol. The number of hydrogen-bond acceptors (Lipinski definition) is 4. The molecular formula is C22H23N3O2. The molecule has 1 aliphatic heterocycles. The van der Waals surface area contributed by atoms with Crippen LogP contribution in [0.15, 0.2) is 65.2 Å². The van der Waals surface area contributed by atoms with Gasteiger partial charge in [0, 0.05) is 37.3 Å². The molecule has 0 unspecified atom stereocenters. The third-order valence-corrected chi connectivity index (χ3v) is 5.06. The van der Waals surface area contributed by atoms with Crippen LogP contribution in [0, 0.1) is 0 Å². The highest BCUT2D eigenvalue weighted by Crippen LogP contribution is 2.29. The van der Waals surface area contributed by atoms with Crippen molar-refractivity contribution >= 4 is 5.91 Å². The van der Waals surface area contributed by atoms with Gasteiger partial charge in [-0.1, -0.05) is 49.4 Å². The summed E-state index contributed by atoms with van der Waals surface area (Å²) < 4.78 is 5.98. The highest BCUT2D eigenvalue weighted by Gasteiger charge is 2.24. The summed E-state index contributed by atoms with van der Waals surface area (Å²) >= 11 is 0. The molecule has 0 atom stereocenters. The minimum absolute atomic E-state index is 0.0424. The Bertz CT molecular complexity index is 912. The van der Waals surface area contributed by atoms with Crippen LogP contribution in [0.1, 0.15) is 17.3 Å². The van der Waals surface area contributed by atoms with Crippen LogP contribution in [0.5, 0.6) is 0 Å². The van der Waals surface area contributed by atoms with Gasteiger partial charge in [0.15, 0.2) is 5.76 Å². The molecule has 1 aliphatic rings. The Hall–Kier alpha value is -2.92. The lowest BCUT2D eigenvalue weighted by atomic mass is 10.1. The van der Waals surface area contributed by atoms with E-state index in [-0.39, 0.29) is 5.91 Å². The maximum atomic E-state index is 13.1. The number of benzene rings is 2. The Morgan fingerprint density at radius 3 is 2.44 bits per heavy atom. The molecule has 5 heteroatoms. The van der Waals surface area contributed by atoms with E-state index in [9.17, 15) is 4.79 Å². The maximum Gasteiger partial charge on any atom is 0.254 e. The van der Waals surface area contributed by atoms with Crippen molar-refractivity contribution in [3.05, 3.63) is 66.4 Å². The molecule has 2 aromatic carbocycles. The fourth-order valence-corrected chi connectivity index (χ4v) is 3.43. The van der Waals surface area contributed by atoms with E-state index < -0.39 is 0 Å². The van der Waals surface area contributed by atoms with E-state index in [1.807, 2.05) is 59.5 Å². The zero-order valence-electron chi connectivity index (χ0n) is 15.5. The molecule has 0 N–H and O–H groups in total. The van der Waals surface area contributed by atoms with Crippen molar-refractivity contribution in [3.63, 3.8) is 0 Å². The van der Waals surface area contributed by atoms with Crippen LogP contribution in [0.3, 0.4) is 0 Å². The number of nitrogens with zero attached hydrogens (tertiary/aromatic N) is 3. The number of aromatic nitrogens is 1. The number of rotatable bonds is 4. The molecule has 2 heterocycles. The lowest BCUT2D eigenvalue weighted by Gasteiger charge is -2.34. The number of carbonyl (C=O) groups is 1. The Labute approximate surface area is 159 Å². The number of piperazine rings is 1. The third kappa shape index (κ3) is 3.64. The van der Waals surface area contributed by atoms with E-state index in [1.54, 1.807) is 6.20 Å². The van der Waals surface area contributed by atoms with E-state index in [1.165, 1.54) is 0 Å². The molecule has 4 rings (SSSR count). The van der Waals surface area contributed by atoms with Crippen LogP contribution in [0.25, 0.3) is 22.8 Å². The monoisotopic (exact) mass is 361 g/mol. The molecule has 0 bridgehead atoms. The predicted molar refractivity (Wildman–Crippen MR) is 105 cm³/mol. The van der Waals surface area contributed by atoms with Gasteiger partial charge in [-0.05, 0) is 18.7 Å². The lowest BCUT2D eigenvalue weighted by molar-refractivity contribution is 0.0644. The van der Waals surface area contributed by atoms with Gasteiger partial charge in [0.25, 0.3) is 5.91 Å². The summed E-state index contributed by atoms with van der Waals surface area (Å²) in [6.45, 7) is 6.52. The minimum atomic E-state index is 0.0424. The number of hydrogen-bond donors (Lipinski definition) is 0. The van der Waals surface area contributed by atoms with Crippen molar-refractivity contribution in [1.82, 2.24) is 14.8 Å². The summed E-state index contributed by atoms with van der Waals surface area (Å²) in [5, 5.41) is 0. The molecule has 27 heavy (non-hydrogen) atoms. The van der Waals surface area contributed by atoms with Gasteiger partial charge in [-0.2, -0.15) is 0 Å². The van der Waals surface area contributed by atoms with Crippen molar-refractivity contribution in [2.24, 2.45) is 0 Å². The van der Waals surface area contributed by atoms with Gasteiger partial charge in [-0.3, -0.25) is 4.79 Å². The molecule has 1 fully saturated rings. The normalized spacial score (nSPS) is 15.1. The summed E-state index contributed by atoms with van der Waals surface area (Å²) in [4.78, 5) is 21.8. The van der Waals surface area contributed by atoms with Crippen molar-refractivity contribution in [3.8, 4) is 22.8 Å². The second kappa shape index (κ2) is 7.76. The first kappa shape index (κ1) is 17.5. The Kier molecular flexibility index (Phi) is 5.03. The van der Waals surface area contributed by atoms with Crippen LogP contribution in [-0.2, 0) is 0 Å². The van der Waals surface area contributed by atoms with Crippen molar-refractivity contribution < 1.29 is 9.21 Å². The molecule has 0 radical (unpaired) electrons. The summed E-state index contributed by atoms with van der Waals surface area (Å²) in [7, 11) is 0. The number of carbonyl (C=O) groups excluding carboxylic acids is 1. The molecule has 5 nitrogen and oxygen atoms in total. The molecule has 0 spiro atoms. The Balaban J connectivity index is 1.60. The second-order valence-electron chi connectivity index (χ2n) is 6.67. The zero-order chi connectivity index (χ0) is 18.6. The second-order valence-corrected chi connectivity index (χ2v) is 6.67. The van der Waals surface area contributed by atoms with E-state index in [0.29, 0.717) is 17.2 Å². The third-order valence-electron chi connectivity index (χ3n) is 5.06. The van der Waals surface area contributed by atoms with Gasteiger partial charge in [-0.25, -0.2) is 4.98 Å². The molecule has 1 amide bonds. The van der Waals surface area contributed by atoms with Crippen molar-refractivity contribution in [2.75, 3.05) is 32.7 Å². The fraction of sp³-hybridized carbons (Fsp3) is 0.273. The molecule has 0 aliphatic carbocycles. The summed E-state index contributed by atoms with van der Waals surface area (Å²) in [5.74, 6) is 1.22. The van der Waals surface area contributed by atoms with E-state index >= 15 is 0 Å². The lowest BCUT2D eigenvalue weighted by Crippen LogP contribution is -2.48. The average Bonchev–Trinajstić information content (AvgIpc) is 3.24. The van der Waals surface area contributed by atoms with Crippen molar-refractivity contribution in [2.45, 2.75) is 6.92 Å². The predicted octanol–water partition coefficient (Wildman–Crippen LogP) is 3.79. The van der Waals surface area contributed by atoms with Gasteiger partial charge in [0.05, 0.1) is 11.8 Å². The standard InChI is InChI=1S/C22H23N3O2/c1-2-24-12-14-25(15-13-24)22(26)19-11-7-6-10-18(19)21-23-16-20(27-21)17-8-4-3-5-9-17/h3-11,16H,2,12-15H2,1H3. The van der Waals surface area contributed by atoms with Crippen molar-refractivity contribution in [1.29, 1.82) is 0 Å². The number of amides is 1. The molecule has 3 aromatic rings.